The fraction of sp³-hybridized carbons (Fsp3) is 0.812. The van der Waals surface area contributed by atoms with E-state index in [4.69, 9.17) is 0 Å². The quantitative estimate of drug-likeness (QED) is 0.191. The monoisotopic (exact) mass is 490 g/mol. The Balaban J connectivity index is 2.51. The molecule has 3 N–H and O–H groups in total. The Morgan fingerprint density at radius 3 is 1.57 bits per heavy atom. The summed E-state index contributed by atoms with van der Waals surface area (Å²) in [5, 5.41) is 32.7. The largest absolute Gasteiger partial charge is 0.507 e. The van der Waals surface area contributed by atoms with Crippen LogP contribution in [0.25, 0.3) is 0 Å². The van der Waals surface area contributed by atoms with Gasteiger partial charge in [-0.15, -0.1) is 0 Å². The van der Waals surface area contributed by atoms with E-state index in [0.717, 1.165) is 59.8 Å². The van der Waals surface area contributed by atoms with Gasteiger partial charge in [0, 0.05) is 11.1 Å². The van der Waals surface area contributed by atoms with Crippen molar-refractivity contribution in [3.05, 3.63) is 22.3 Å². The van der Waals surface area contributed by atoms with E-state index >= 15 is 0 Å². The highest BCUT2D eigenvalue weighted by Gasteiger charge is 2.25. The SMILES string of the molecule is Cc1c(C)c(O)c(CC(C)C)c(CCC(C)(O)CCC[C@H](C)CCC[C@H](C)CCCC(C)C)c1O. The van der Waals surface area contributed by atoms with Gasteiger partial charge in [-0.3, -0.25) is 0 Å². The van der Waals surface area contributed by atoms with Gasteiger partial charge in [0.15, 0.2) is 0 Å². The van der Waals surface area contributed by atoms with Gasteiger partial charge in [-0.05, 0) is 81.3 Å². The van der Waals surface area contributed by atoms with Crippen molar-refractivity contribution < 1.29 is 15.3 Å². The second-order valence-corrected chi connectivity index (χ2v) is 12.9. The molecule has 204 valence electrons. The summed E-state index contributed by atoms with van der Waals surface area (Å²) in [6.45, 7) is 19.3. The lowest BCUT2D eigenvalue weighted by atomic mass is 9.85. The van der Waals surface area contributed by atoms with Crippen molar-refractivity contribution in [2.75, 3.05) is 0 Å². The first-order chi connectivity index (χ1) is 16.2. The summed E-state index contributed by atoms with van der Waals surface area (Å²) in [5.41, 5.74) is 2.40. The standard InChI is InChI=1S/C32H58O3/c1-22(2)13-10-14-24(5)15-11-16-25(6)17-12-19-32(9,35)20-18-28-29(21-23(3)4)31(34)27(8)26(7)30(28)33/h22-25,33-35H,10-21H2,1-9H3/t24-,25-,32?/m1/s1. The van der Waals surface area contributed by atoms with E-state index in [1.165, 1.54) is 38.5 Å². The molecule has 3 atom stereocenters. The first-order valence-electron chi connectivity index (χ1n) is 14.5. The van der Waals surface area contributed by atoms with Crippen LogP contribution in [0.15, 0.2) is 0 Å². The normalized spacial score (nSPS) is 15.5. The molecule has 0 radical (unpaired) electrons. The smallest absolute Gasteiger partial charge is 0.122 e. The van der Waals surface area contributed by atoms with Crippen molar-refractivity contribution >= 4 is 0 Å². The second kappa shape index (κ2) is 15.1. The molecule has 0 aliphatic heterocycles. The third kappa shape index (κ3) is 11.6. The van der Waals surface area contributed by atoms with Crippen LogP contribution in [0, 0.1) is 37.5 Å². The van der Waals surface area contributed by atoms with Crippen LogP contribution in [-0.2, 0) is 12.8 Å². The van der Waals surface area contributed by atoms with Crippen LogP contribution in [-0.4, -0.2) is 20.9 Å². The van der Waals surface area contributed by atoms with Crippen molar-refractivity contribution in [2.45, 2.75) is 145 Å². The van der Waals surface area contributed by atoms with E-state index in [1.807, 2.05) is 20.8 Å². The minimum atomic E-state index is -0.763. The third-order valence-corrected chi connectivity index (χ3v) is 8.02. The van der Waals surface area contributed by atoms with Crippen molar-refractivity contribution in [2.24, 2.45) is 23.7 Å². The van der Waals surface area contributed by atoms with Gasteiger partial charge in [0.05, 0.1) is 5.60 Å². The molecule has 35 heavy (non-hydrogen) atoms. The number of hydrogen-bond acceptors (Lipinski definition) is 3. The first kappa shape index (κ1) is 31.8. The van der Waals surface area contributed by atoms with Gasteiger partial charge in [0.1, 0.15) is 11.5 Å². The Morgan fingerprint density at radius 1 is 0.629 bits per heavy atom. The van der Waals surface area contributed by atoms with Gasteiger partial charge in [0.2, 0.25) is 0 Å². The summed E-state index contributed by atoms with van der Waals surface area (Å²) < 4.78 is 0. The Labute approximate surface area is 217 Å². The maximum atomic E-state index is 11.1. The van der Waals surface area contributed by atoms with E-state index < -0.39 is 5.60 Å². The molecule has 3 heteroatoms. The molecule has 0 saturated heterocycles. The molecule has 0 heterocycles. The molecule has 0 amide bonds. The summed E-state index contributed by atoms with van der Waals surface area (Å²) >= 11 is 0. The van der Waals surface area contributed by atoms with Crippen molar-refractivity contribution in [3.8, 4) is 11.5 Å². The van der Waals surface area contributed by atoms with Gasteiger partial charge in [0.25, 0.3) is 0 Å². The summed E-state index contributed by atoms with van der Waals surface area (Å²) in [6.07, 6.45) is 12.9. The van der Waals surface area contributed by atoms with Gasteiger partial charge >= 0.3 is 0 Å². The van der Waals surface area contributed by atoms with E-state index in [-0.39, 0.29) is 0 Å². The third-order valence-electron chi connectivity index (χ3n) is 8.02. The van der Waals surface area contributed by atoms with Crippen LogP contribution >= 0.6 is 0 Å². The number of rotatable bonds is 17. The van der Waals surface area contributed by atoms with E-state index in [1.54, 1.807) is 0 Å². The second-order valence-electron chi connectivity index (χ2n) is 12.9. The number of benzene rings is 1. The van der Waals surface area contributed by atoms with Crippen LogP contribution in [0.3, 0.4) is 0 Å². The minimum absolute atomic E-state index is 0.291. The summed E-state index contributed by atoms with van der Waals surface area (Å²) in [4.78, 5) is 0. The maximum absolute atomic E-state index is 11.1. The molecule has 0 aromatic heterocycles. The number of aromatic hydroxyl groups is 2. The topological polar surface area (TPSA) is 60.7 Å². The highest BCUT2D eigenvalue weighted by Crippen LogP contribution is 2.39. The lowest BCUT2D eigenvalue weighted by Crippen LogP contribution is -2.25. The maximum Gasteiger partial charge on any atom is 0.122 e. The van der Waals surface area contributed by atoms with Crippen LogP contribution < -0.4 is 0 Å². The van der Waals surface area contributed by atoms with Crippen LogP contribution in [0.2, 0.25) is 0 Å². The van der Waals surface area contributed by atoms with Gasteiger partial charge < -0.3 is 15.3 Å². The molecule has 1 aromatic carbocycles. The minimum Gasteiger partial charge on any atom is -0.507 e. The molecule has 0 spiro atoms. The van der Waals surface area contributed by atoms with Crippen molar-refractivity contribution in [1.29, 1.82) is 0 Å². The van der Waals surface area contributed by atoms with Crippen LogP contribution in [0.4, 0.5) is 0 Å². The molecule has 0 bridgehead atoms. The zero-order valence-corrected chi connectivity index (χ0v) is 24.6. The summed E-state index contributed by atoms with van der Waals surface area (Å²) in [6, 6.07) is 0. The van der Waals surface area contributed by atoms with Crippen molar-refractivity contribution in [1.82, 2.24) is 0 Å². The van der Waals surface area contributed by atoms with Crippen LogP contribution in [0.5, 0.6) is 11.5 Å². The molecule has 0 aliphatic carbocycles. The lowest BCUT2D eigenvalue weighted by molar-refractivity contribution is 0.0384. The molecule has 1 unspecified atom stereocenters. The predicted molar refractivity (Wildman–Crippen MR) is 151 cm³/mol. The van der Waals surface area contributed by atoms with Gasteiger partial charge in [-0.2, -0.15) is 0 Å². The molecule has 0 aliphatic rings. The first-order valence-corrected chi connectivity index (χ1v) is 14.5. The van der Waals surface area contributed by atoms with Gasteiger partial charge in [-0.25, -0.2) is 0 Å². The molecular formula is C32H58O3. The lowest BCUT2D eigenvalue weighted by Gasteiger charge is -2.26. The molecule has 1 aromatic rings. The fourth-order valence-electron chi connectivity index (χ4n) is 5.32. The number of hydrogen-bond donors (Lipinski definition) is 3. The number of phenolic OH excluding ortho intramolecular Hbond substituents is 2. The summed E-state index contributed by atoms with van der Waals surface area (Å²) in [7, 11) is 0. The van der Waals surface area contributed by atoms with E-state index in [0.29, 0.717) is 36.2 Å². The van der Waals surface area contributed by atoms with E-state index in [2.05, 4.69) is 41.5 Å². The van der Waals surface area contributed by atoms with Crippen molar-refractivity contribution in [3.63, 3.8) is 0 Å². The van der Waals surface area contributed by atoms with Gasteiger partial charge in [-0.1, -0.05) is 92.9 Å². The number of phenols is 2. The van der Waals surface area contributed by atoms with E-state index in [9.17, 15) is 15.3 Å². The Kier molecular flexibility index (Phi) is 13.7. The molecular weight excluding hydrogens is 432 g/mol. The zero-order valence-electron chi connectivity index (χ0n) is 24.6. The predicted octanol–water partition coefficient (Wildman–Crippen LogP) is 9.04. The zero-order chi connectivity index (χ0) is 26.8. The fourth-order valence-corrected chi connectivity index (χ4v) is 5.32. The highest BCUT2D eigenvalue weighted by molar-refractivity contribution is 5.57. The Morgan fingerprint density at radius 2 is 1.09 bits per heavy atom. The van der Waals surface area contributed by atoms with Crippen LogP contribution in [0.1, 0.15) is 135 Å². The average molecular weight is 491 g/mol. The highest BCUT2D eigenvalue weighted by atomic mass is 16.3. The number of aliphatic hydroxyl groups is 1. The summed E-state index contributed by atoms with van der Waals surface area (Å²) in [5.74, 6) is 3.34. The molecule has 0 fully saturated rings. The molecule has 1 rings (SSSR count). The molecule has 3 nitrogen and oxygen atoms in total. The molecule has 0 saturated carbocycles. The Bertz CT molecular complexity index is 748. The Hall–Kier alpha value is -1.22. The average Bonchev–Trinajstić information content (AvgIpc) is 2.75.